The first-order chi connectivity index (χ1) is 11.2. The lowest BCUT2D eigenvalue weighted by atomic mass is 10.0. The van der Waals surface area contributed by atoms with Crippen LogP contribution in [0.3, 0.4) is 0 Å². The topological polar surface area (TPSA) is 80.1 Å². The van der Waals surface area contributed by atoms with E-state index in [1.165, 1.54) is 6.33 Å². The average Bonchev–Trinajstić information content (AvgIpc) is 3.12. The fourth-order valence-corrected chi connectivity index (χ4v) is 3.26. The molecule has 2 unspecified atom stereocenters. The van der Waals surface area contributed by atoms with E-state index in [2.05, 4.69) is 15.4 Å². The third-order valence-electron chi connectivity index (χ3n) is 4.08. The molecule has 8 heteroatoms. The van der Waals surface area contributed by atoms with Crippen molar-refractivity contribution >= 4 is 23.6 Å². The van der Waals surface area contributed by atoms with Crippen LogP contribution >= 0.6 is 11.8 Å². The molecule has 0 radical (unpaired) electrons. The van der Waals surface area contributed by atoms with Crippen molar-refractivity contribution in [2.75, 3.05) is 25.1 Å². The normalized spacial score (nSPS) is 19.4. The molecule has 2 heterocycles. The monoisotopic (exact) mass is 339 g/mol. The van der Waals surface area contributed by atoms with E-state index in [4.69, 9.17) is 0 Å². The third-order valence-corrected chi connectivity index (χ3v) is 4.73. The van der Waals surface area contributed by atoms with Gasteiger partial charge in [-0.05, 0) is 31.3 Å². The molecule has 1 aromatic heterocycles. The van der Waals surface area contributed by atoms with Crippen molar-refractivity contribution in [1.29, 1.82) is 0 Å². The molecule has 1 aliphatic heterocycles. The van der Waals surface area contributed by atoms with Crippen LogP contribution in [-0.4, -0.2) is 62.6 Å². The first-order valence-electron chi connectivity index (χ1n) is 8.06. The SMILES string of the molecule is CCC(=O)NC(CCSC)C(=O)N1CCCC(n2cncn2)C1. The maximum Gasteiger partial charge on any atom is 0.245 e. The number of piperidine rings is 1. The van der Waals surface area contributed by atoms with Gasteiger partial charge in [0.25, 0.3) is 0 Å². The standard InChI is InChI=1S/C15H25N5O2S/c1-3-14(21)18-13(6-8-23-2)15(22)19-7-4-5-12(9-19)20-11-16-10-17-20/h10-13H,3-9H2,1-2H3,(H,18,21). The van der Waals surface area contributed by atoms with Gasteiger partial charge in [-0.1, -0.05) is 6.92 Å². The number of aromatic nitrogens is 3. The number of likely N-dealkylation sites (tertiary alicyclic amines) is 1. The molecule has 0 aromatic carbocycles. The molecule has 1 saturated heterocycles. The van der Waals surface area contributed by atoms with Crippen molar-refractivity contribution in [3.05, 3.63) is 12.7 Å². The quantitative estimate of drug-likeness (QED) is 0.804. The molecule has 2 rings (SSSR count). The molecular formula is C15H25N5O2S. The van der Waals surface area contributed by atoms with Crippen molar-refractivity contribution in [1.82, 2.24) is 25.0 Å². The predicted molar refractivity (Wildman–Crippen MR) is 90.1 cm³/mol. The third kappa shape index (κ3) is 4.95. The number of thioether (sulfide) groups is 1. The highest BCUT2D eigenvalue weighted by Crippen LogP contribution is 2.21. The Morgan fingerprint density at radius 2 is 2.30 bits per heavy atom. The maximum absolute atomic E-state index is 12.8. The zero-order valence-corrected chi connectivity index (χ0v) is 14.6. The van der Waals surface area contributed by atoms with Gasteiger partial charge < -0.3 is 10.2 Å². The van der Waals surface area contributed by atoms with Crippen LogP contribution in [0.4, 0.5) is 0 Å². The van der Waals surface area contributed by atoms with Crippen molar-refractivity contribution in [2.24, 2.45) is 0 Å². The summed E-state index contributed by atoms with van der Waals surface area (Å²) in [4.78, 5) is 30.4. The van der Waals surface area contributed by atoms with Crippen molar-refractivity contribution in [2.45, 2.75) is 44.7 Å². The number of carbonyl (C=O) groups excluding carboxylic acids is 2. The van der Waals surface area contributed by atoms with E-state index in [-0.39, 0.29) is 17.9 Å². The fourth-order valence-electron chi connectivity index (χ4n) is 2.79. The first-order valence-corrected chi connectivity index (χ1v) is 9.46. The summed E-state index contributed by atoms with van der Waals surface area (Å²) in [5.41, 5.74) is 0. The van der Waals surface area contributed by atoms with E-state index in [0.29, 0.717) is 19.4 Å². The lowest BCUT2D eigenvalue weighted by Crippen LogP contribution is -2.51. The first kappa shape index (κ1) is 17.8. The number of hydrogen-bond donors (Lipinski definition) is 1. The molecule has 128 valence electrons. The maximum atomic E-state index is 12.8. The predicted octanol–water partition coefficient (Wildman–Crippen LogP) is 1.09. The van der Waals surface area contributed by atoms with Crippen LogP contribution in [0.25, 0.3) is 0 Å². The van der Waals surface area contributed by atoms with E-state index >= 15 is 0 Å². The van der Waals surface area contributed by atoms with Crippen LogP contribution in [0.15, 0.2) is 12.7 Å². The van der Waals surface area contributed by atoms with Gasteiger partial charge in [0.2, 0.25) is 11.8 Å². The Labute approximate surface area is 141 Å². The molecule has 1 aliphatic rings. The molecule has 0 spiro atoms. The molecule has 1 aromatic rings. The summed E-state index contributed by atoms with van der Waals surface area (Å²) in [6.07, 6.45) is 8.20. The van der Waals surface area contributed by atoms with Crippen LogP contribution in [0.2, 0.25) is 0 Å². The fraction of sp³-hybridized carbons (Fsp3) is 0.733. The zero-order chi connectivity index (χ0) is 16.7. The lowest BCUT2D eigenvalue weighted by molar-refractivity contribution is -0.138. The summed E-state index contributed by atoms with van der Waals surface area (Å²) in [6, 6.07) is -0.261. The smallest absolute Gasteiger partial charge is 0.245 e. The molecule has 1 fully saturated rings. The van der Waals surface area contributed by atoms with Crippen LogP contribution in [0.1, 0.15) is 38.6 Å². The second-order valence-electron chi connectivity index (χ2n) is 5.71. The molecule has 2 atom stereocenters. The molecule has 23 heavy (non-hydrogen) atoms. The average molecular weight is 339 g/mol. The second kappa shape index (κ2) is 8.90. The highest BCUT2D eigenvalue weighted by molar-refractivity contribution is 7.98. The molecule has 0 bridgehead atoms. The number of carbonyl (C=O) groups is 2. The van der Waals surface area contributed by atoms with Gasteiger partial charge in [-0.2, -0.15) is 16.9 Å². The molecule has 2 amide bonds. The largest absolute Gasteiger partial charge is 0.344 e. The minimum atomic E-state index is -0.426. The number of hydrogen-bond acceptors (Lipinski definition) is 5. The second-order valence-corrected chi connectivity index (χ2v) is 6.70. The van der Waals surface area contributed by atoms with Crippen LogP contribution < -0.4 is 5.32 Å². The van der Waals surface area contributed by atoms with Crippen molar-refractivity contribution in [3.63, 3.8) is 0 Å². The Kier molecular flexibility index (Phi) is 6.88. The summed E-state index contributed by atoms with van der Waals surface area (Å²) in [7, 11) is 0. The van der Waals surface area contributed by atoms with E-state index in [9.17, 15) is 9.59 Å². The molecule has 0 saturated carbocycles. The van der Waals surface area contributed by atoms with Gasteiger partial charge >= 0.3 is 0 Å². The Balaban J connectivity index is 2.00. The highest BCUT2D eigenvalue weighted by atomic mass is 32.2. The summed E-state index contributed by atoms with van der Waals surface area (Å²) in [5, 5.41) is 7.05. The molecule has 1 N–H and O–H groups in total. The van der Waals surface area contributed by atoms with Gasteiger partial charge in [-0.25, -0.2) is 9.67 Å². The molecule has 7 nitrogen and oxygen atoms in total. The minimum Gasteiger partial charge on any atom is -0.344 e. The van der Waals surface area contributed by atoms with E-state index < -0.39 is 6.04 Å². The van der Waals surface area contributed by atoms with Gasteiger partial charge in [-0.3, -0.25) is 9.59 Å². The Bertz CT molecular complexity index is 508. The zero-order valence-electron chi connectivity index (χ0n) is 13.8. The number of amides is 2. The Morgan fingerprint density at radius 3 is 2.96 bits per heavy atom. The van der Waals surface area contributed by atoms with E-state index in [1.807, 2.05) is 15.8 Å². The summed E-state index contributed by atoms with van der Waals surface area (Å²) in [5.74, 6) is 0.792. The molecule has 0 aliphatic carbocycles. The van der Waals surface area contributed by atoms with Crippen LogP contribution in [0.5, 0.6) is 0 Å². The van der Waals surface area contributed by atoms with E-state index in [0.717, 1.165) is 25.1 Å². The van der Waals surface area contributed by atoms with Gasteiger partial charge in [0.15, 0.2) is 0 Å². The summed E-state index contributed by atoms with van der Waals surface area (Å²) >= 11 is 1.68. The van der Waals surface area contributed by atoms with Gasteiger partial charge in [-0.15, -0.1) is 0 Å². The lowest BCUT2D eigenvalue weighted by Gasteiger charge is -2.35. The van der Waals surface area contributed by atoms with Gasteiger partial charge in [0.1, 0.15) is 18.7 Å². The minimum absolute atomic E-state index is 0.0191. The summed E-state index contributed by atoms with van der Waals surface area (Å²) in [6.45, 7) is 3.16. The Morgan fingerprint density at radius 1 is 1.48 bits per heavy atom. The van der Waals surface area contributed by atoms with E-state index in [1.54, 1.807) is 25.0 Å². The van der Waals surface area contributed by atoms with Crippen LogP contribution in [-0.2, 0) is 9.59 Å². The Hall–Kier alpha value is -1.57. The van der Waals surface area contributed by atoms with Crippen molar-refractivity contribution in [3.8, 4) is 0 Å². The number of nitrogens with one attached hydrogen (secondary N) is 1. The highest BCUT2D eigenvalue weighted by Gasteiger charge is 2.30. The summed E-state index contributed by atoms with van der Waals surface area (Å²) < 4.78 is 1.82. The molecular weight excluding hydrogens is 314 g/mol. The number of rotatable bonds is 7. The number of nitrogens with zero attached hydrogens (tertiary/aromatic N) is 4. The van der Waals surface area contributed by atoms with Gasteiger partial charge in [0, 0.05) is 19.5 Å². The van der Waals surface area contributed by atoms with Crippen molar-refractivity contribution < 1.29 is 9.59 Å². The van der Waals surface area contributed by atoms with Crippen LogP contribution in [0, 0.1) is 0 Å². The van der Waals surface area contributed by atoms with Gasteiger partial charge in [0.05, 0.1) is 6.04 Å².